The highest BCUT2D eigenvalue weighted by Gasteiger charge is 2.31. The molecule has 5 rings (SSSR count). The largest absolute Gasteiger partial charge is 0.298 e. The smallest absolute Gasteiger partial charge is 0.257 e. The number of hydrogen-bond acceptors (Lipinski definition) is 5. The minimum atomic E-state index is -3.55. The molecule has 1 aliphatic heterocycles. The van der Waals surface area contributed by atoms with Gasteiger partial charge in [0.1, 0.15) is 0 Å². The molecule has 1 saturated heterocycles. The number of carbonyl (C=O) groups excluding carboxylic acids is 1. The second kappa shape index (κ2) is 8.42. The standard InChI is InChI=1S/C24H25N3O3S2/c1-16-6-4-5-15-27(16)32(29,30)19-12-9-18(10-13-19)23(28)26-24-25-22-20-8-3-2-7-17(20)11-14-21(22)31-24/h2-3,7-10,12-13,16H,4-6,11,14-15H2,1H3,(H,25,26,28). The molecule has 2 aromatic carbocycles. The van der Waals surface area contributed by atoms with Crippen molar-refractivity contribution >= 4 is 32.4 Å². The fourth-order valence-corrected chi connectivity index (χ4v) is 7.18. The number of thiazole rings is 1. The van der Waals surface area contributed by atoms with Crippen LogP contribution in [-0.4, -0.2) is 36.2 Å². The summed E-state index contributed by atoms with van der Waals surface area (Å²) < 4.78 is 27.6. The number of hydrogen-bond donors (Lipinski definition) is 1. The van der Waals surface area contributed by atoms with Crippen molar-refractivity contribution in [3.63, 3.8) is 0 Å². The number of nitrogens with one attached hydrogen (secondary N) is 1. The summed E-state index contributed by atoms with van der Waals surface area (Å²) in [4.78, 5) is 18.9. The molecular formula is C24H25N3O3S2. The van der Waals surface area contributed by atoms with E-state index in [2.05, 4.69) is 22.4 Å². The van der Waals surface area contributed by atoms with E-state index < -0.39 is 10.0 Å². The van der Waals surface area contributed by atoms with E-state index >= 15 is 0 Å². The molecule has 1 fully saturated rings. The average Bonchev–Trinajstić information content (AvgIpc) is 3.22. The maximum Gasteiger partial charge on any atom is 0.257 e. The van der Waals surface area contributed by atoms with Gasteiger partial charge >= 0.3 is 0 Å². The van der Waals surface area contributed by atoms with Crippen molar-refractivity contribution in [1.82, 2.24) is 9.29 Å². The lowest BCUT2D eigenvalue weighted by Crippen LogP contribution is -2.41. The van der Waals surface area contributed by atoms with Crippen LogP contribution in [0.3, 0.4) is 0 Å². The predicted octanol–water partition coefficient (Wildman–Crippen LogP) is 4.72. The van der Waals surface area contributed by atoms with Crippen LogP contribution in [0.15, 0.2) is 53.4 Å². The Morgan fingerprint density at radius 2 is 1.88 bits per heavy atom. The Balaban J connectivity index is 1.33. The van der Waals surface area contributed by atoms with Gasteiger partial charge < -0.3 is 0 Å². The number of amides is 1. The molecule has 0 radical (unpaired) electrons. The van der Waals surface area contributed by atoms with Gasteiger partial charge in [-0.2, -0.15) is 4.31 Å². The minimum Gasteiger partial charge on any atom is -0.298 e. The molecule has 2 aliphatic rings. The van der Waals surface area contributed by atoms with Crippen LogP contribution in [0.4, 0.5) is 5.13 Å². The van der Waals surface area contributed by atoms with Crippen molar-refractivity contribution < 1.29 is 13.2 Å². The van der Waals surface area contributed by atoms with Gasteiger partial charge in [0.05, 0.1) is 10.6 Å². The molecular weight excluding hydrogens is 442 g/mol. The van der Waals surface area contributed by atoms with Crippen molar-refractivity contribution in [2.24, 2.45) is 0 Å². The van der Waals surface area contributed by atoms with Gasteiger partial charge in [-0.1, -0.05) is 30.7 Å². The van der Waals surface area contributed by atoms with E-state index in [0.29, 0.717) is 17.2 Å². The lowest BCUT2D eigenvalue weighted by atomic mass is 9.94. The number of rotatable bonds is 4. The van der Waals surface area contributed by atoms with Gasteiger partial charge in [-0.15, -0.1) is 11.3 Å². The fraction of sp³-hybridized carbons (Fsp3) is 0.333. The molecule has 3 aromatic rings. The molecule has 8 heteroatoms. The number of nitrogens with zero attached hydrogens (tertiary/aromatic N) is 2. The quantitative estimate of drug-likeness (QED) is 0.602. The van der Waals surface area contributed by atoms with Crippen LogP contribution in [0.2, 0.25) is 0 Å². The molecule has 0 bridgehead atoms. The molecule has 1 unspecified atom stereocenters. The Hall–Kier alpha value is -2.55. The summed E-state index contributed by atoms with van der Waals surface area (Å²) in [5.74, 6) is -0.292. The summed E-state index contributed by atoms with van der Waals surface area (Å²) in [6, 6.07) is 14.4. The van der Waals surface area contributed by atoms with E-state index in [1.165, 1.54) is 33.9 Å². The number of piperidine rings is 1. The van der Waals surface area contributed by atoms with Crippen LogP contribution >= 0.6 is 11.3 Å². The number of carbonyl (C=O) groups is 1. The molecule has 32 heavy (non-hydrogen) atoms. The zero-order chi connectivity index (χ0) is 22.3. The van der Waals surface area contributed by atoms with Crippen LogP contribution in [0.25, 0.3) is 11.3 Å². The van der Waals surface area contributed by atoms with E-state index in [9.17, 15) is 13.2 Å². The second-order valence-electron chi connectivity index (χ2n) is 8.39. The molecule has 2 heterocycles. The molecule has 1 aromatic heterocycles. The van der Waals surface area contributed by atoms with Crippen LogP contribution in [-0.2, 0) is 22.9 Å². The summed E-state index contributed by atoms with van der Waals surface area (Å²) in [5, 5.41) is 3.45. The van der Waals surface area contributed by atoms with Gasteiger partial charge in [0.15, 0.2) is 5.13 Å². The Bertz CT molecular complexity index is 1270. The number of anilines is 1. The van der Waals surface area contributed by atoms with Crippen LogP contribution in [0.1, 0.15) is 47.0 Å². The highest BCUT2D eigenvalue weighted by molar-refractivity contribution is 7.89. The van der Waals surface area contributed by atoms with E-state index in [-0.39, 0.29) is 16.8 Å². The van der Waals surface area contributed by atoms with E-state index in [4.69, 9.17) is 0 Å². The highest BCUT2D eigenvalue weighted by Crippen LogP contribution is 2.38. The summed E-state index contributed by atoms with van der Waals surface area (Å²) in [5.41, 5.74) is 3.77. The van der Waals surface area contributed by atoms with Crippen molar-refractivity contribution in [2.45, 2.75) is 50.0 Å². The number of sulfonamides is 1. The van der Waals surface area contributed by atoms with Crippen molar-refractivity contribution in [2.75, 3.05) is 11.9 Å². The molecule has 1 aliphatic carbocycles. The summed E-state index contributed by atoms with van der Waals surface area (Å²) in [6.07, 6.45) is 4.71. The number of fused-ring (bicyclic) bond motifs is 3. The normalized spacial score (nSPS) is 18.6. The Kier molecular flexibility index (Phi) is 5.61. The van der Waals surface area contributed by atoms with Gasteiger partial charge in [0.25, 0.3) is 5.91 Å². The summed E-state index contributed by atoms with van der Waals surface area (Å²) >= 11 is 1.50. The topological polar surface area (TPSA) is 79.4 Å². The molecule has 1 N–H and O–H groups in total. The third-order valence-corrected chi connectivity index (χ3v) is 9.34. The monoisotopic (exact) mass is 467 g/mol. The van der Waals surface area contributed by atoms with Gasteiger partial charge in [-0.25, -0.2) is 13.4 Å². The zero-order valence-electron chi connectivity index (χ0n) is 17.9. The number of aromatic nitrogens is 1. The molecule has 0 spiro atoms. The van der Waals surface area contributed by atoms with Crippen LogP contribution in [0.5, 0.6) is 0 Å². The van der Waals surface area contributed by atoms with Crippen LogP contribution in [0, 0.1) is 0 Å². The van der Waals surface area contributed by atoms with Crippen LogP contribution < -0.4 is 5.32 Å². The second-order valence-corrected chi connectivity index (χ2v) is 11.4. The molecule has 6 nitrogen and oxygen atoms in total. The van der Waals surface area contributed by atoms with E-state index in [1.54, 1.807) is 16.4 Å². The molecule has 1 amide bonds. The Morgan fingerprint density at radius 1 is 1.09 bits per heavy atom. The maximum absolute atomic E-state index is 13.0. The SMILES string of the molecule is CC1CCCCN1S(=O)(=O)c1ccc(C(=O)Nc2nc3c(s2)CCc2ccccc2-3)cc1. The first-order valence-corrected chi connectivity index (χ1v) is 13.2. The molecule has 1 atom stereocenters. The Labute approximate surface area is 192 Å². The average molecular weight is 468 g/mol. The first kappa shape index (κ1) is 21.3. The lowest BCUT2D eigenvalue weighted by molar-refractivity contribution is 0.102. The van der Waals surface area contributed by atoms with Crippen molar-refractivity contribution in [1.29, 1.82) is 0 Å². The zero-order valence-corrected chi connectivity index (χ0v) is 19.5. The molecule has 0 saturated carbocycles. The van der Waals surface area contributed by atoms with Crippen molar-refractivity contribution in [3.8, 4) is 11.3 Å². The van der Waals surface area contributed by atoms with Gasteiger partial charge in [0.2, 0.25) is 10.0 Å². The highest BCUT2D eigenvalue weighted by atomic mass is 32.2. The molecule has 166 valence electrons. The number of benzene rings is 2. The Morgan fingerprint density at radius 3 is 2.66 bits per heavy atom. The van der Waals surface area contributed by atoms with Gasteiger partial charge in [-0.3, -0.25) is 10.1 Å². The summed E-state index contributed by atoms with van der Waals surface area (Å²) in [6.45, 7) is 2.49. The van der Waals surface area contributed by atoms with Crippen molar-refractivity contribution in [3.05, 3.63) is 64.5 Å². The third kappa shape index (κ3) is 3.87. The fourth-order valence-electron chi connectivity index (χ4n) is 4.51. The van der Waals surface area contributed by atoms with Gasteiger partial charge in [0, 0.05) is 28.6 Å². The third-order valence-electron chi connectivity index (χ3n) is 6.28. The first-order valence-electron chi connectivity index (χ1n) is 10.9. The number of aryl methyl sites for hydroxylation is 2. The van der Waals surface area contributed by atoms with E-state index in [1.807, 2.05) is 19.1 Å². The first-order chi connectivity index (χ1) is 15.4. The maximum atomic E-state index is 13.0. The summed E-state index contributed by atoms with van der Waals surface area (Å²) in [7, 11) is -3.55. The predicted molar refractivity (Wildman–Crippen MR) is 127 cm³/mol. The van der Waals surface area contributed by atoms with Gasteiger partial charge in [-0.05, 0) is 62.4 Å². The lowest BCUT2D eigenvalue weighted by Gasteiger charge is -2.32. The minimum absolute atomic E-state index is 0.00204. The van der Waals surface area contributed by atoms with E-state index in [0.717, 1.165) is 43.4 Å².